The van der Waals surface area contributed by atoms with Crippen molar-refractivity contribution in [2.24, 2.45) is 0 Å². The molecule has 0 radical (unpaired) electrons. The fraction of sp³-hybridized carbons (Fsp3) is 0.435. The third-order valence-corrected chi connectivity index (χ3v) is 8.78. The summed E-state index contributed by atoms with van der Waals surface area (Å²) in [6.07, 6.45) is 1.13. The molecule has 204 valence electrons. The molecule has 2 aromatic heterocycles. The van der Waals surface area contributed by atoms with Crippen LogP contribution in [0.1, 0.15) is 17.8 Å². The third kappa shape index (κ3) is 5.85. The van der Waals surface area contributed by atoms with Gasteiger partial charge in [-0.3, -0.25) is 4.72 Å². The number of nitrogens with zero attached hydrogens (tertiary/aromatic N) is 3. The molecule has 38 heavy (non-hydrogen) atoms. The Balaban J connectivity index is 1.36. The molecule has 0 spiro atoms. The van der Waals surface area contributed by atoms with Crippen LogP contribution in [0, 0.1) is 18.6 Å². The molecule has 10 nitrogen and oxygen atoms in total. The summed E-state index contributed by atoms with van der Waals surface area (Å²) in [7, 11) is -3.96. The summed E-state index contributed by atoms with van der Waals surface area (Å²) >= 11 is 1.23. The van der Waals surface area contributed by atoms with Crippen LogP contribution in [0.5, 0.6) is 11.6 Å². The monoisotopic (exact) mass is 570 g/mol. The van der Waals surface area contributed by atoms with Crippen LogP contribution in [0.2, 0.25) is 0 Å². The van der Waals surface area contributed by atoms with Crippen molar-refractivity contribution in [1.82, 2.24) is 20.3 Å². The van der Waals surface area contributed by atoms with Gasteiger partial charge in [-0.15, -0.1) is 11.3 Å². The van der Waals surface area contributed by atoms with Gasteiger partial charge in [-0.05, 0) is 31.5 Å². The number of hydrogen-bond acceptors (Lipinski definition) is 10. The number of piperidine rings is 1. The smallest absolute Gasteiger partial charge is 0.240 e. The highest BCUT2D eigenvalue weighted by atomic mass is 32.2. The van der Waals surface area contributed by atoms with Crippen LogP contribution in [0.15, 0.2) is 24.4 Å². The van der Waals surface area contributed by atoms with Crippen molar-refractivity contribution < 1.29 is 31.1 Å². The topological polar surface area (TPSA) is 127 Å². The first-order chi connectivity index (χ1) is 18.2. The fourth-order valence-electron chi connectivity index (χ4n) is 4.16. The second-order valence-electron chi connectivity index (χ2n) is 8.94. The lowest BCUT2D eigenvalue weighted by Crippen LogP contribution is -2.44. The standard InChI is InChI=1S/C23H25F3N6O4S2/c1-12-29-22(21(37-12)17-4-6-28-23(31-17)30-14-8-13(24)9-27-10-14)36-18-3-2-16(19(25)20(18)26)32-38(33,34)15-5-7-35-11-15/h2-4,6,13-15,27,32H,5,7-11H2,1H3,(H,28,30,31)/t13-,14-,15+/m0/s1. The van der Waals surface area contributed by atoms with Gasteiger partial charge in [0.1, 0.15) is 16.3 Å². The summed E-state index contributed by atoms with van der Waals surface area (Å²) in [4.78, 5) is 13.4. The van der Waals surface area contributed by atoms with Gasteiger partial charge >= 0.3 is 0 Å². The van der Waals surface area contributed by atoms with Crippen molar-refractivity contribution in [3.63, 3.8) is 0 Å². The first-order valence-corrected chi connectivity index (χ1v) is 14.2. The maximum atomic E-state index is 14.9. The largest absolute Gasteiger partial charge is 0.434 e. The summed E-state index contributed by atoms with van der Waals surface area (Å²) in [5.41, 5.74) is -0.108. The Morgan fingerprint density at radius 1 is 1.18 bits per heavy atom. The maximum absolute atomic E-state index is 14.9. The minimum absolute atomic E-state index is 0.00459. The van der Waals surface area contributed by atoms with Crippen molar-refractivity contribution in [2.45, 2.75) is 37.2 Å². The molecule has 2 saturated heterocycles. The molecule has 2 aliphatic heterocycles. The molecular formula is C23H25F3N6O4S2. The van der Waals surface area contributed by atoms with Crippen LogP contribution >= 0.6 is 11.3 Å². The van der Waals surface area contributed by atoms with E-state index in [1.165, 1.54) is 17.5 Å². The minimum atomic E-state index is -3.96. The second-order valence-corrected chi connectivity index (χ2v) is 12.1. The van der Waals surface area contributed by atoms with E-state index in [-0.39, 0.29) is 37.5 Å². The molecule has 1 aromatic carbocycles. The summed E-state index contributed by atoms with van der Waals surface area (Å²) in [6, 6.07) is 3.63. The van der Waals surface area contributed by atoms with Gasteiger partial charge < -0.3 is 20.1 Å². The zero-order valence-electron chi connectivity index (χ0n) is 20.2. The molecule has 3 atom stereocenters. The molecule has 0 unspecified atom stereocenters. The van der Waals surface area contributed by atoms with Crippen molar-refractivity contribution in [3.8, 4) is 22.2 Å². The summed E-state index contributed by atoms with van der Waals surface area (Å²) in [5, 5.41) is 5.85. The van der Waals surface area contributed by atoms with E-state index in [1.807, 2.05) is 0 Å². The van der Waals surface area contributed by atoms with Crippen molar-refractivity contribution >= 4 is 33.0 Å². The summed E-state index contributed by atoms with van der Waals surface area (Å²) < 4.78 is 81.2. The number of hydrogen-bond donors (Lipinski definition) is 3. The highest BCUT2D eigenvalue weighted by Gasteiger charge is 2.31. The predicted molar refractivity (Wildman–Crippen MR) is 136 cm³/mol. The molecule has 2 fully saturated rings. The highest BCUT2D eigenvalue weighted by molar-refractivity contribution is 7.93. The van der Waals surface area contributed by atoms with Crippen LogP contribution in [0.3, 0.4) is 0 Å². The zero-order chi connectivity index (χ0) is 26.9. The van der Waals surface area contributed by atoms with Gasteiger partial charge in [0, 0.05) is 38.4 Å². The first-order valence-electron chi connectivity index (χ1n) is 11.9. The minimum Gasteiger partial charge on any atom is -0.434 e. The average Bonchev–Trinajstić information content (AvgIpc) is 3.55. The Bertz CT molecular complexity index is 1420. The normalized spacial score (nSPS) is 21.8. The molecule has 0 saturated carbocycles. The van der Waals surface area contributed by atoms with Crippen molar-refractivity contribution in [2.75, 3.05) is 36.3 Å². The van der Waals surface area contributed by atoms with E-state index in [0.717, 1.165) is 12.1 Å². The number of thiazole rings is 1. The lowest BCUT2D eigenvalue weighted by molar-refractivity contribution is 0.198. The van der Waals surface area contributed by atoms with Crippen molar-refractivity contribution in [3.05, 3.63) is 41.0 Å². The molecule has 4 heterocycles. The number of nitrogens with one attached hydrogen (secondary N) is 3. The molecule has 3 N–H and O–H groups in total. The van der Waals surface area contributed by atoms with Crippen LogP contribution in [-0.4, -0.2) is 67.1 Å². The number of ether oxygens (including phenoxy) is 2. The van der Waals surface area contributed by atoms with Gasteiger partial charge in [-0.25, -0.2) is 32.2 Å². The van der Waals surface area contributed by atoms with Crippen LogP contribution in [-0.2, 0) is 14.8 Å². The lowest BCUT2D eigenvalue weighted by atomic mass is 10.1. The lowest BCUT2D eigenvalue weighted by Gasteiger charge is -2.26. The Morgan fingerprint density at radius 3 is 2.79 bits per heavy atom. The Morgan fingerprint density at radius 2 is 2.03 bits per heavy atom. The molecule has 0 amide bonds. The molecule has 5 rings (SSSR count). The highest BCUT2D eigenvalue weighted by Crippen LogP contribution is 2.39. The number of anilines is 2. The van der Waals surface area contributed by atoms with Gasteiger partial charge in [0.15, 0.2) is 11.6 Å². The molecule has 3 aromatic rings. The summed E-state index contributed by atoms with van der Waals surface area (Å²) in [6.45, 7) is 2.86. The quantitative estimate of drug-likeness (QED) is 0.372. The van der Waals surface area contributed by atoms with E-state index >= 15 is 0 Å². The number of sulfonamides is 1. The van der Waals surface area contributed by atoms with E-state index in [2.05, 4.69) is 30.3 Å². The SMILES string of the molecule is Cc1nc(Oc2ccc(NS(=O)(=O)[C@@H]3CCOC3)c(F)c2F)c(-c2ccnc(N[C@@H]3CNC[C@@H](F)C3)n2)s1. The number of rotatable bonds is 8. The van der Waals surface area contributed by atoms with Gasteiger partial charge in [0.2, 0.25) is 27.7 Å². The summed E-state index contributed by atoms with van der Waals surface area (Å²) in [5.74, 6) is -2.98. The molecule has 0 aliphatic carbocycles. The third-order valence-electron chi connectivity index (χ3n) is 6.05. The van der Waals surface area contributed by atoms with E-state index in [1.54, 1.807) is 13.0 Å². The average molecular weight is 571 g/mol. The maximum Gasteiger partial charge on any atom is 0.240 e. The second kappa shape index (κ2) is 11.0. The molecule has 15 heteroatoms. The number of benzene rings is 1. The Labute approximate surface area is 221 Å². The van der Waals surface area contributed by atoms with Crippen LogP contribution in [0.4, 0.5) is 24.8 Å². The molecule has 0 bridgehead atoms. The van der Waals surface area contributed by atoms with Crippen molar-refractivity contribution in [1.29, 1.82) is 0 Å². The number of aromatic nitrogens is 3. The molecular weight excluding hydrogens is 545 g/mol. The molecule has 2 aliphatic rings. The van der Waals surface area contributed by atoms with E-state index in [4.69, 9.17) is 9.47 Å². The van der Waals surface area contributed by atoms with E-state index in [0.29, 0.717) is 35.1 Å². The van der Waals surface area contributed by atoms with Crippen LogP contribution in [0.25, 0.3) is 10.6 Å². The van der Waals surface area contributed by atoms with E-state index in [9.17, 15) is 21.6 Å². The number of aryl methyl sites for hydroxylation is 1. The van der Waals surface area contributed by atoms with Crippen LogP contribution < -0.4 is 20.1 Å². The Hall–Kier alpha value is -3.01. The Kier molecular flexibility index (Phi) is 7.70. The van der Waals surface area contributed by atoms with Gasteiger partial charge in [-0.2, -0.15) is 4.39 Å². The number of alkyl halides is 1. The van der Waals surface area contributed by atoms with Gasteiger partial charge in [0.05, 0.1) is 23.0 Å². The van der Waals surface area contributed by atoms with Gasteiger partial charge in [-0.1, -0.05) is 0 Å². The zero-order valence-corrected chi connectivity index (χ0v) is 21.8. The predicted octanol–water partition coefficient (Wildman–Crippen LogP) is 3.62. The van der Waals surface area contributed by atoms with Gasteiger partial charge in [0.25, 0.3) is 0 Å². The number of halogens is 3. The first kappa shape index (κ1) is 26.6. The fourth-order valence-corrected chi connectivity index (χ4v) is 6.29. The van der Waals surface area contributed by atoms with E-state index < -0.39 is 44.5 Å².